The van der Waals surface area contributed by atoms with Gasteiger partial charge < -0.3 is 15.5 Å². The number of H-pyrrole nitrogens is 1. The lowest BCUT2D eigenvalue weighted by atomic mass is 9.38. The zero-order valence-electron chi connectivity index (χ0n) is 22.7. The SMILES string of the molecule is C[C@@H]1Cc2c([nH]c3ccccc23)[C@@H](c2c(F)cc(O[C@@H]3CCN(CCCF)C3)cc2F)N1C12CC(C(N)=O)(C1)C2. The van der Waals surface area contributed by atoms with Gasteiger partial charge in [0.05, 0.1) is 18.1 Å². The van der Waals surface area contributed by atoms with Crippen LogP contribution in [0.3, 0.4) is 0 Å². The smallest absolute Gasteiger partial charge is 0.223 e. The number of amides is 1. The van der Waals surface area contributed by atoms with E-state index in [1.807, 2.05) is 18.2 Å². The molecule has 6 nitrogen and oxygen atoms in total. The molecular weight excluding hydrogens is 517 g/mol. The van der Waals surface area contributed by atoms with E-state index < -0.39 is 23.1 Å². The molecule has 1 aromatic heterocycles. The second-order valence-corrected chi connectivity index (χ2v) is 12.5. The summed E-state index contributed by atoms with van der Waals surface area (Å²) in [5.41, 5.74) is 7.75. The minimum Gasteiger partial charge on any atom is -0.489 e. The first-order chi connectivity index (χ1) is 19.2. The van der Waals surface area contributed by atoms with E-state index in [2.05, 4.69) is 27.8 Å². The molecule has 0 radical (unpaired) electrons. The highest BCUT2D eigenvalue weighted by Crippen LogP contribution is 2.72. The predicted octanol–water partition coefficient (Wildman–Crippen LogP) is 5.00. The first kappa shape index (κ1) is 25.9. The van der Waals surface area contributed by atoms with Crippen molar-refractivity contribution in [3.63, 3.8) is 0 Å². The molecule has 5 aliphatic rings. The number of hydrogen-bond donors (Lipinski definition) is 2. The molecule has 0 unspecified atom stereocenters. The van der Waals surface area contributed by atoms with E-state index in [4.69, 9.17) is 10.5 Å². The average Bonchev–Trinajstić information content (AvgIpc) is 3.46. The van der Waals surface area contributed by atoms with Crippen LogP contribution in [-0.4, -0.2) is 64.7 Å². The van der Waals surface area contributed by atoms with Gasteiger partial charge in [-0.2, -0.15) is 0 Å². The fraction of sp³-hybridized carbons (Fsp3) is 0.516. The zero-order chi connectivity index (χ0) is 27.8. The number of carbonyl (C=O) groups is 1. The van der Waals surface area contributed by atoms with Crippen LogP contribution in [0.25, 0.3) is 10.9 Å². The van der Waals surface area contributed by atoms with E-state index in [1.54, 1.807) is 0 Å². The van der Waals surface area contributed by atoms with E-state index >= 15 is 8.78 Å². The van der Waals surface area contributed by atoms with Crippen molar-refractivity contribution in [2.75, 3.05) is 26.3 Å². The molecule has 3 heterocycles. The molecule has 3 saturated carbocycles. The number of aromatic nitrogens is 1. The Morgan fingerprint density at radius 1 is 1.18 bits per heavy atom. The molecule has 3 atom stereocenters. The van der Waals surface area contributed by atoms with E-state index in [1.165, 1.54) is 12.1 Å². The molecule has 2 aliphatic heterocycles. The number of alkyl halides is 1. The maximum absolute atomic E-state index is 16.1. The van der Waals surface area contributed by atoms with Crippen molar-refractivity contribution in [2.45, 2.75) is 69.2 Å². The number of likely N-dealkylation sites (tertiary alicyclic amines) is 1. The highest BCUT2D eigenvalue weighted by atomic mass is 19.1. The van der Waals surface area contributed by atoms with Crippen LogP contribution in [0.4, 0.5) is 13.2 Å². The van der Waals surface area contributed by atoms with E-state index in [0.29, 0.717) is 38.8 Å². The number of benzene rings is 2. The number of hydrogen-bond acceptors (Lipinski definition) is 4. The number of nitrogens with zero attached hydrogens (tertiary/aromatic N) is 2. The molecule has 1 amide bonds. The highest BCUT2D eigenvalue weighted by Gasteiger charge is 2.74. The van der Waals surface area contributed by atoms with Crippen molar-refractivity contribution in [2.24, 2.45) is 11.1 Å². The van der Waals surface area contributed by atoms with E-state index in [-0.39, 0.29) is 41.6 Å². The van der Waals surface area contributed by atoms with Crippen LogP contribution in [0.1, 0.15) is 61.9 Å². The summed E-state index contributed by atoms with van der Waals surface area (Å²) in [7, 11) is 0. The summed E-state index contributed by atoms with van der Waals surface area (Å²) < 4.78 is 50.8. The Labute approximate surface area is 231 Å². The lowest BCUT2D eigenvalue weighted by Crippen LogP contribution is -2.79. The summed E-state index contributed by atoms with van der Waals surface area (Å²) in [6.07, 6.45) is 3.62. The van der Waals surface area contributed by atoms with Gasteiger partial charge in [-0.1, -0.05) is 18.2 Å². The normalized spacial score (nSPS) is 31.6. The maximum Gasteiger partial charge on any atom is 0.223 e. The summed E-state index contributed by atoms with van der Waals surface area (Å²) in [4.78, 5) is 20.0. The van der Waals surface area contributed by atoms with Gasteiger partial charge in [0.2, 0.25) is 5.91 Å². The summed E-state index contributed by atoms with van der Waals surface area (Å²) in [5, 5.41) is 1.07. The predicted molar refractivity (Wildman–Crippen MR) is 146 cm³/mol. The Balaban J connectivity index is 1.25. The molecule has 2 aromatic carbocycles. The van der Waals surface area contributed by atoms with Gasteiger partial charge in [0.1, 0.15) is 23.5 Å². The molecule has 3 aromatic rings. The number of halogens is 3. The van der Waals surface area contributed by atoms with Crippen molar-refractivity contribution < 1.29 is 22.7 Å². The van der Waals surface area contributed by atoms with Crippen molar-refractivity contribution in [1.82, 2.24) is 14.8 Å². The molecule has 4 fully saturated rings. The van der Waals surface area contributed by atoms with Gasteiger partial charge in [0.15, 0.2) is 0 Å². The van der Waals surface area contributed by atoms with Gasteiger partial charge in [0.25, 0.3) is 0 Å². The van der Waals surface area contributed by atoms with Gasteiger partial charge in [-0.3, -0.25) is 19.0 Å². The second kappa shape index (κ2) is 9.24. The summed E-state index contributed by atoms with van der Waals surface area (Å²) >= 11 is 0. The number of nitrogens with two attached hydrogens (primary N) is 1. The Hall–Kier alpha value is -3.04. The van der Waals surface area contributed by atoms with Crippen molar-refractivity contribution in [1.29, 1.82) is 0 Å². The first-order valence-electron chi connectivity index (χ1n) is 14.4. The number of fused-ring (bicyclic) bond motifs is 3. The van der Waals surface area contributed by atoms with Crippen LogP contribution in [-0.2, 0) is 11.2 Å². The van der Waals surface area contributed by atoms with Crippen molar-refractivity contribution >= 4 is 16.8 Å². The Kier molecular flexibility index (Phi) is 5.98. The lowest BCUT2D eigenvalue weighted by Gasteiger charge is -2.74. The largest absolute Gasteiger partial charge is 0.489 e. The fourth-order valence-electron chi connectivity index (χ4n) is 8.22. The summed E-state index contributed by atoms with van der Waals surface area (Å²) in [6, 6.07) is 9.91. The van der Waals surface area contributed by atoms with Crippen molar-refractivity contribution in [3.8, 4) is 5.75 Å². The van der Waals surface area contributed by atoms with Crippen molar-refractivity contribution in [3.05, 3.63) is 64.9 Å². The summed E-state index contributed by atoms with van der Waals surface area (Å²) in [6.45, 7) is 3.79. The third kappa shape index (κ3) is 3.80. The van der Waals surface area contributed by atoms with Crippen LogP contribution in [0.2, 0.25) is 0 Å². The number of para-hydroxylation sites is 1. The van der Waals surface area contributed by atoms with Crippen LogP contribution in [0.15, 0.2) is 36.4 Å². The Bertz CT molecular complexity index is 1450. The standard InChI is InChI=1S/C31H35F3N4O2/c1-18-11-22-21-5-2-3-6-25(21)36-27(22)28(38(18)31-15-30(16-31,17-31)29(35)39)26-23(33)12-20(13-24(26)34)40-19-7-10-37(14-19)9-4-8-32/h2-3,5-6,12-13,18-19,28,36H,4,7-11,14-17H2,1H3,(H2,35,39)/t18-,19-,28-,30?,31?/m1/s1. The van der Waals surface area contributed by atoms with E-state index in [0.717, 1.165) is 41.5 Å². The van der Waals surface area contributed by atoms with Crippen LogP contribution < -0.4 is 10.5 Å². The molecular formula is C31H35F3N4O2. The minimum atomic E-state index is -0.672. The van der Waals surface area contributed by atoms with Crippen LogP contribution >= 0.6 is 0 Å². The number of nitrogens with one attached hydrogen (secondary N) is 1. The third-order valence-corrected chi connectivity index (χ3v) is 9.91. The Morgan fingerprint density at radius 2 is 1.90 bits per heavy atom. The fourth-order valence-corrected chi connectivity index (χ4v) is 8.22. The Morgan fingerprint density at radius 3 is 2.60 bits per heavy atom. The molecule has 9 heteroatoms. The zero-order valence-corrected chi connectivity index (χ0v) is 22.7. The quantitative estimate of drug-likeness (QED) is 0.413. The molecule has 8 rings (SSSR count). The van der Waals surface area contributed by atoms with Gasteiger partial charge in [-0.15, -0.1) is 0 Å². The topological polar surface area (TPSA) is 74.6 Å². The molecule has 3 aliphatic carbocycles. The average molecular weight is 553 g/mol. The number of rotatable bonds is 8. The molecule has 1 saturated heterocycles. The molecule has 212 valence electrons. The molecule has 0 spiro atoms. The molecule has 2 bridgehead atoms. The van der Waals surface area contributed by atoms with Gasteiger partial charge >= 0.3 is 0 Å². The van der Waals surface area contributed by atoms with Crippen LogP contribution in [0, 0.1) is 17.0 Å². The van der Waals surface area contributed by atoms with Gasteiger partial charge in [0, 0.05) is 65.5 Å². The second-order valence-electron chi connectivity index (χ2n) is 12.5. The highest BCUT2D eigenvalue weighted by molar-refractivity contribution is 5.87. The molecule has 40 heavy (non-hydrogen) atoms. The maximum atomic E-state index is 16.1. The molecule has 3 N–H and O–H groups in total. The lowest BCUT2D eigenvalue weighted by molar-refractivity contribution is -0.233. The number of aromatic amines is 1. The number of primary amides is 1. The number of carbonyl (C=O) groups excluding carboxylic acids is 1. The minimum absolute atomic E-state index is 0.000510. The monoisotopic (exact) mass is 552 g/mol. The van der Waals surface area contributed by atoms with Gasteiger partial charge in [-0.05, 0) is 57.1 Å². The summed E-state index contributed by atoms with van der Waals surface area (Å²) in [5.74, 6) is -1.41. The van der Waals surface area contributed by atoms with E-state index in [9.17, 15) is 9.18 Å². The number of ether oxygens (including phenoxy) is 1. The first-order valence-corrected chi connectivity index (χ1v) is 14.4. The van der Waals surface area contributed by atoms with Crippen LogP contribution in [0.5, 0.6) is 5.75 Å². The third-order valence-electron chi connectivity index (χ3n) is 9.91. The van der Waals surface area contributed by atoms with Gasteiger partial charge in [-0.25, -0.2) is 8.78 Å².